The number of carbonyl (C=O) groups is 1. The van der Waals surface area contributed by atoms with Gasteiger partial charge >= 0.3 is 0 Å². The van der Waals surface area contributed by atoms with Crippen LogP contribution in [-0.4, -0.2) is 31.9 Å². The number of imidazole rings is 1. The van der Waals surface area contributed by atoms with Crippen LogP contribution in [-0.2, 0) is 6.54 Å². The van der Waals surface area contributed by atoms with Gasteiger partial charge in [0.2, 0.25) is 0 Å². The number of benzene rings is 1. The van der Waals surface area contributed by atoms with E-state index >= 15 is 0 Å². The third-order valence-electron chi connectivity index (χ3n) is 5.91. The van der Waals surface area contributed by atoms with Crippen molar-refractivity contribution < 1.29 is 4.79 Å². The molecule has 3 aromatic rings. The molecule has 0 atom stereocenters. The zero-order valence-corrected chi connectivity index (χ0v) is 19.3. The fourth-order valence-electron chi connectivity index (χ4n) is 4.28. The van der Waals surface area contributed by atoms with E-state index in [1.165, 1.54) is 12.8 Å². The quantitative estimate of drug-likeness (QED) is 0.427. The molecule has 1 fully saturated rings. The molecule has 1 aliphatic carbocycles. The summed E-state index contributed by atoms with van der Waals surface area (Å²) in [5.41, 5.74) is 2.55. The highest BCUT2D eigenvalue weighted by Crippen LogP contribution is 2.33. The van der Waals surface area contributed by atoms with E-state index in [4.69, 9.17) is 4.98 Å². The van der Waals surface area contributed by atoms with Crippen molar-refractivity contribution in [1.29, 1.82) is 0 Å². The first kappa shape index (κ1) is 21.0. The van der Waals surface area contributed by atoms with Gasteiger partial charge in [-0.05, 0) is 65.4 Å². The number of carbonyl (C=O) groups excluding carboxylic acids is 1. The van der Waals surface area contributed by atoms with Crippen LogP contribution in [0.5, 0.6) is 0 Å². The molecule has 0 saturated heterocycles. The van der Waals surface area contributed by atoms with Crippen molar-refractivity contribution >= 4 is 33.0 Å². The van der Waals surface area contributed by atoms with Crippen LogP contribution in [0, 0.1) is 5.92 Å². The highest BCUT2D eigenvalue weighted by Gasteiger charge is 2.26. The number of pyridine rings is 1. The molecule has 0 spiro atoms. The predicted octanol–water partition coefficient (Wildman–Crippen LogP) is 6.00. The van der Waals surface area contributed by atoms with E-state index in [0.717, 1.165) is 40.7 Å². The van der Waals surface area contributed by atoms with E-state index in [1.54, 1.807) is 0 Å². The van der Waals surface area contributed by atoms with Crippen LogP contribution in [0.4, 0.5) is 0 Å². The minimum Gasteiger partial charge on any atom is -0.331 e. The average molecular weight is 469 g/mol. The standard InChI is InChI=1S/C24H29BrN4O/c1-17(2)13-15-28(24(30)19-10-5-6-11-20(19)25)16-22-27-21-12-7-14-26-23(21)29(22)18-8-3-4-9-18/h5-7,10-12,14,17-18H,3-4,8-9,13,15-16H2,1-2H3. The second-order valence-electron chi connectivity index (χ2n) is 8.57. The first-order valence-electron chi connectivity index (χ1n) is 10.9. The first-order chi connectivity index (χ1) is 14.5. The van der Waals surface area contributed by atoms with Crippen LogP contribution in [0.1, 0.15) is 68.2 Å². The third kappa shape index (κ3) is 4.43. The minimum absolute atomic E-state index is 0.0427. The number of fused-ring (bicyclic) bond motifs is 1. The van der Waals surface area contributed by atoms with Crippen LogP contribution >= 0.6 is 15.9 Å². The molecular formula is C24H29BrN4O. The highest BCUT2D eigenvalue weighted by molar-refractivity contribution is 9.10. The number of hydrogen-bond donors (Lipinski definition) is 0. The van der Waals surface area contributed by atoms with Crippen LogP contribution in [0.2, 0.25) is 0 Å². The molecule has 30 heavy (non-hydrogen) atoms. The Bertz CT molecular complexity index is 1020. The summed E-state index contributed by atoms with van der Waals surface area (Å²) in [5, 5.41) is 0. The summed E-state index contributed by atoms with van der Waals surface area (Å²) in [4.78, 5) is 25.0. The van der Waals surface area contributed by atoms with Gasteiger partial charge in [0.15, 0.2) is 5.65 Å². The normalized spacial score (nSPS) is 14.7. The topological polar surface area (TPSA) is 51.0 Å². The zero-order chi connectivity index (χ0) is 21.1. The van der Waals surface area contributed by atoms with Crippen molar-refractivity contribution in [2.75, 3.05) is 6.54 Å². The van der Waals surface area contributed by atoms with Crippen molar-refractivity contribution in [3.8, 4) is 0 Å². The summed E-state index contributed by atoms with van der Waals surface area (Å²) in [6, 6.07) is 12.0. The molecule has 0 aliphatic heterocycles. The Hall–Kier alpha value is -2.21. The van der Waals surface area contributed by atoms with E-state index < -0.39 is 0 Å². The molecule has 1 amide bonds. The molecule has 0 radical (unpaired) electrons. The fourth-order valence-corrected chi connectivity index (χ4v) is 4.73. The van der Waals surface area contributed by atoms with Gasteiger partial charge in [-0.15, -0.1) is 0 Å². The van der Waals surface area contributed by atoms with Gasteiger partial charge in [0.25, 0.3) is 5.91 Å². The average Bonchev–Trinajstić information content (AvgIpc) is 3.38. The number of nitrogens with zero attached hydrogens (tertiary/aromatic N) is 4. The van der Waals surface area contributed by atoms with E-state index in [9.17, 15) is 4.79 Å². The Morgan fingerprint density at radius 3 is 2.70 bits per heavy atom. The summed E-state index contributed by atoms with van der Waals surface area (Å²) in [6.07, 6.45) is 7.58. The maximum absolute atomic E-state index is 13.5. The van der Waals surface area contributed by atoms with Crippen LogP contribution in [0.25, 0.3) is 11.2 Å². The van der Waals surface area contributed by atoms with Crippen molar-refractivity contribution in [3.63, 3.8) is 0 Å². The summed E-state index contributed by atoms with van der Waals surface area (Å²) < 4.78 is 3.13. The number of halogens is 1. The molecule has 1 aliphatic rings. The lowest BCUT2D eigenvalue weighted by Crippen LogP contribution is -2.33. The monoisotopic (exact) mass is 468 g/mol. The summed E-state index contributed by atoms with van der Waals surface area (Å²) >= 11 is 3.55. The molecule has 2 aromatic heterocycles. The maximum atomic E-state index is 13.5. The zero-order valence-electron chi connectivity index (χ0n) is 17.7. The molecule has 2 heterocycles. The second-order valence-corrected chi connectivity index (χ2v) is 9.43. The number of hydrogen-bond acceptors (Lipinski definition) is 3. The van der Waals surface area contributed by atoms with Gasteiger partial charge in [0.1, 0.15) is 11.3 Å². The fraction of sp³-hybridized carbons (Fsp3) is 0.458. The van der Waals surface area contributed by atoms with Crippen LogP contribution in [0.15, 0.2) is 47.1 Å². The Morgan fingerprint density at radius 1 is 1.20 bits per heavy atom. The molecule has 0 unspecified atom stereocenters. The lowest BCUT2D eigenvalue weighted by Gasteiger charge is -2.25. The summed E-state index contributed by atoms with van der Waals surface area (Å²) in [5.74, 6) is 1.51. The van der Waals surface area contributed by atoms with Gasteiger partial charge < -0.3 is 9.47 Å². The Morgan fingerprint density at radius 2 is 1.97 bits per heavy atom. The molecule has 158 valence electrons. The Kier molecular flexibility index (Phi) is 6.52. The minimum atomic E-state index is 0.0427. The Labute approximate surface area is 186 Å². The van der Waals surface area contributed by atoms with Gasteiger partial charge in [-0.3, -0.25) is 4.79 Å². The van der Waals surface area contributed by atoms with E-state index in [1.807, 2.05) is 47.5 Å². The molecule has 1 saturated carbocycles. The van der Waals surface area contributed by atoms with Crippen LogP contribution < -0.4 is 0 Å². The number of rotatable bonds is 7. The second kappa shape index (κ2) is 9.29. The van der Waals surface area contributed by atoms with Crippen molar-refractivity contribution in [2.45, 2.75) is 58.5 Å². The van der Waals surface area contributed by atoms with E-state index in [2.05, 4.69) is 39.3 Å². The number of amides is 1. The van der Waals surface area contributed by atoms with Gasteiger partial charge in [-0.1, -0.05) is 38.8 Å². The van der Waals surface area contributed by atoms with Crippen LogP contribution in [0.3, 0.4) is 0 Å². The highest BCUT2D eigenvalue weighted by atomic mass is 79.9. The van der Waals surface area contributed by atoms with Crippen molar-refractivity contribution in [3.05, 3.63) is 58.5 Å². The summed E-state index contributed by atoms with van der Waals surface area (Å²) in [7, 11) is 0. The molecule has 5 nitrogen and oxygen atoms in total. The Balaban J connectivity index is 1.70. The molecule has 0 bridgehead atoms. The third-order valence-corrected chi connectivity index (χ3v) is 6.60. The lowest BCUT2D eigenvalue weighted by atomic mass is 10.1. The first-order valence-corrected chi connectivity index (χ1v) is 11.7. The van der Waals surface area contributed by atoms with E-state index in [0.29, 0.717) is 30.6 Å². The van der Waals surface area contributed by atoms with E-state index in [-0.39, 0.29) is 5.91 Å². The largest absolute Gasteiger partial charge is 0.331 e. The smallest absolute Gasteiger partial charge is 0.255 e. The molecule has 4 rings (SSSR count). The SMILES string of the molecule is CC(C)CCN(Cc1nc2cccnc2n1C1CCCC1)C(=O)c1ccccc1Br. The molecular weight excluding hydrogens is 440 g/mol. The summed E-state index contributed by atoms with van der Waals surface area (Å²) in [6.45, 7) is 5.59. The van der Waals surface area contributed by atoms with Gasteiger partial charge in [0, 0.05) is 23.3 Å². The number of aromatic nitrogens is 3. The van der Waals surface area contributed by atoms with Crippen molar-refractivity contribution in [1.82, 2.24) is 19.4 Å². The van der Waals surface area contributed by atoms with Crippen molar-refractivity contribution in [2.24, 2.45) is 5.92 Å². The van der Waals surface area contributed by atoms with Gasteiger partial charge in [-0.2, -0.15) is 0 Å². The predicted molar refractivity (Wildman–Crippen MR) is 123 cm³/mol. The molecule has 0 N–H and O–H groups in total. The molecule has 1 aromatic carbocycles. The lowest BCUT2D eigenvalue weighted by molar-refractivity contribution is 0.0727. The van der Waals surface area contributed by atoms with Gasteiger partial charge in [0.05, 0.1) is 12.1 Å². The molecule has 6 heteroatoms. The maximum Gasteiger partial charge on any atom is 0.255 e. The van der Waals surface area contributed by atoms with Gasteiger partial charge in [-0.25, -0.2) is 9.97 Å².